The number of ether oxygens (including phenoxy) is 2. The summed E-state index contributed by atoms with van der Waals surface area (Å²) in [5, 5.41) is 11.8. The number of nitrogens with zero attached hydrogens (tertiary/aromatic N) is 1. The highest BCUT2D eigenvalue weighted by Gasteiger charge is 2.16. The second kappa shape index (κ2) is 15.4. The van der Waals surface area contributed by atoms with Crippen LogP contribution in [-0.4, -0.2) is 62.1 Å². The zero-order valence-corrected chi connectivity index (χ0v) is 21.3. The highest BCUT2D eigenvalue weighted by Crippen LogP contribution is 2.06. The summed E-state index contributed by atoms with van der Waals surface area (Å²) >= 11 is 0. The normalized spacial score (nSPS) is 11.8. The Balaban J connectivity index is 0. The van der Waals surface area contributed by atoms with Crippen LogP contribution in [0.25, 0.3) is 0 Å². The molecule has 172 valence electrons. The first kappa shape index (κ1) is 29.7. The Morgan fingerprint density at radius 1 is 0.759 bits per heavy atom. The van der Waals surface area contributed by atoms with Gasteiger partial charge in [0.2, 0.25) is 0 Å². The Hall–Kier alpha value is -1.46. The van der Waals surface area contributed by atoms with Crippen LogP contribution in [0.4, 0.5) is 9.59 Å². The van der Waals surface area contributed by atoms with E-state index in [-0.39, 0.29) is 24.0 Å². The molecule has 0 radical (unpaired) electrons. The molecule has 0 saturated carbocycles. The van der Waals surface area contributed by atoms with Gasteiger partial charge < -0.3 is 30.7 Å². The lowest BCUT2D eigenvalue weighted by molar-refractivity contribution is 0.0516. The molecule has 0 heterocycles. The van der Waals surface area contributed by atoms with E-state index in [1.165, 1.54) is 0 Å². The number of alkyl carbamates (subject to hydrolysis) is 2. The number of guanidine groups is 1. The Labute approximate surface area is 192 Å². The van der Waals surface area contributed by atoms with Crippen LogP contribution in [0.15, 0.2) is 4.99 Å². The van der Waals surface area contributed by atoms with Gasteiger partial charge in [0.25, 0.3) is 0 Å². The lowest BCUT2D eigenvalue weighted by Crippen LogP contribution is -2.39. The van der Waals surface area contributed by atoms with Gasteiger partial charge in [-0.05, 0) is 61.3 Å². The third kappa shape index (κ3) is 21.1. The van der Waals surface area contributed by atoms with Crippen molar-refractivity contribution in [2.24, 2.45) is 4.99 Å². The summed E-state index contributed by atoms with van der Waals surface area (Å²) in [5.74, 6) is 0.706. The fraction of sp³-hybridized carbons (Fsp3) is 0.842. The predicted octanol–water partition coefficient (Wildman–Crippen LogP) is 2.99. The van der Waals surface area contributed by atoms with Gasteiger partial charge in [0.1, 0.15) is 11.2 Å². The number of rotatable bonds is 9. The smallest absolute Gasteiger partial charge is 0.407 e. The fourth-order valence-electron chi connectivity index (χ4n) is 1.92. The molecule has 0 aliphatic heterocycles. The molecule has 2 amide bonds. The van der Waals surface area contributed by atoms with Crippen LogP contribution >= 0.6 is 24.0 Å². The summed E-state index contributed by atoms with van der Waals surface area (Å²) in [6.07, 6.45) is 0.615. The second-order valence-corrected chi connectivity index (χ2v) is 8.25. The van der Waals surface area contributed by atoms with Gasteiger partial charge in [-0.25, -0.2) is 9.59 Å². The van der Waals surface area contributed by atoms with Crippen molar-refractivity contribution in [2.45, 2.75) is 72.5 Å². The van der Waals surface area contributed by atoms with Crippen LogP contribution in [0.5, 0.6) is 0 Å². The first-order valence-corrected chi connectivity index (χ1v) is 9.89. The van der Waals surface area contributed by atoms with Gasteiger partial charge in [0.05, 0.1) is 0 Å². The molecule has 0 aliphatic carbocycles. The first-order chi connectivity index (χ1) is 12.9. The molecule has 0 saturated heterocycles. The van der Waals surface area contributed by atoms with E-state index in [0.717, 1.165) is 13.0 Å². The average molecular weight is 529 g/mol. The van der Waals surface area contributed by atoms with E-state index < -0.39 is 23.4 Å². The first-order valence-electron chi connectivity index (χ1n) is 9.89. The Kier molecular flexibility index (Phi) is 15.8. The molecule has 0 aliphatic rings. The number of hydrogen-bond donors (Lipinski definition) is 4. The molecule has 29 heavy (non-hydrogen) atoms. The molecule has 0 spiro atoms. The highest BCUT2D eigenvalue weighted by atomic mass is 127. The number of carbonyl (C=O) groups excluding carboxylic acids is 2. The Morgan fingerprint density at radius 2 is 1.21 bits per heavy atom. The van der Waals surface area contributed by atoms with Gasteiger partial charge in [-0.2, -0.15) is 0 Å². The minimum absolute atomic E-state index is 0. The van der Waals surface area contributed by atoms with Crippen molar-refractivity contribution in [3.05, 3.63) is 0 Å². The third-order valence-electron chi connectivity index (χ3n) is 2.93. The van der Waals surface area contributed by atoms with Crippen molar-refractivity contribution >= 4 is 42.1 Å². The van der Waals surface area contributed by atoms with E-state index in [4.69, 9.17) is 9.47 Å². The molecule has 0 aromatic carbocycles. The van der Waals surface area contributed by atoms with Crippen molar-refractivity contribution in [3.63, 3.8) is 0 Å². The zero-order valence-electron chi connectivity index (χ0n) is 18.9. The number of carbonyl (C=O) groups is 2. The van der Waals surface area contributed by atoms with Crippen LogP contribution in [0.1, 0.15) is 61.3 Å². The summed E-state index contributed by atoms with van der Waals surface area (Å²) in [5.41, 5.74) is -0.992. The van der Waals surface area contributed by atoms with E-state index in [0.29, 0.717) is 38.6 Å². The number of aliphatic imine (C=N–C) groups is 1. The maximum atomic E-state index is 11.6. The number of hydrogen-bond acceptors (Lipinski definition) is 5. The summed E-state index contributed by atoms with van der Waals surface area (Å²) in [4.78, 5) is 27.6. The zero-order chi connectivity index (χ0) is 21.6. The summed E-state index contributed by atoms with van der Waals surface area (Å²) in [6, 6.07) is 0. The van der Waals surface area contributed by atoms with E-state index in [1.807, 2.05) is 48.5 Å². The summed E-state index contributed by atoms with van der Waals surface area (Å²) in [7, 11) is 0. The second-order valence-electron chi connectivity index (χ2n) is 8.25. The minimum atomic E-state index is -0.497. The van der Waals surface area contributed by atoms with Crippen molar-refractivity contribution in [3.8, 4) is 0 Å². The van der Waals surface area contributed by atoms with Crippen molar-refractivity contribution in [1.29, 1.82) is 0 Å². The fourth-order valence-corrected chi connectivity index (χ4v) is 1.92. The standard InChI is InChI=1S/C19H39N5O4.HI/c1-8-20-15(21-11-9-13-23-16(25)27-18(2,3)4)22-12-10-14-24-17(26)28-19(5,6)7;/h8-14H2,1-7H3,(H,23,25)(H,24,26)(H2,20,21,22);1H. The largest absolute Gasteiger partial charge is 0.444 e. The van der Waals surface area contributed by atoms with Crippen LogP contribution in [0.3, 0.4) is 0 Å². The van der Waals surface area contributed by atoms with Gasteiger partial charge >= 0.3 is 12.2 Å². The molecule has 0 aromatic heterocycles. The molecule has 4 N–H and O–H groups in total. The number of amides is 2. The van der Waals surface area contributed by atoms with Gasteiger partial charge in [-0.3, -0.25) is 4.99 Å². The van der Waals surface area contributed by atoms with Gasteiger partial charge in [0, 0.05) is 32.7 Å². The molecule has 0 atom stereocenters. The van der Waals surface area contributed by atoms with Crippen molar-refractivity contribution < 1.29 is 19.1 Å². The molecular formula is C19H40IN5O4. The molecule has 0 aromatic rings. The quantitative estimate of drug-likeness (QED) is 0.158. The summed E-state index contributed by atoms with van der Waals surface area (Å²) in [6.45, 7) is 16.0. The molecule has 0 bridgehead atoms. The molecule has 0 fully saturated rings. The maximum Gasteiger partial charge on any atom is 0.407 e. The van der Waals surface area contributed by atoms with E-state index >= 15 is 0 Å². The average Bonchev–Trinajstić information content (AvgIpc) is 2.50. The number of nitrogens with one attached hydrogen (secondary N) is 4. The van der Waals surface area contributed by atoms with E-state index in [9.17, 15) is 9.59 Å². The summed E-state index contributed by atoms with van der Waals surface area (Å²) < 4.78 is 10.4. The lowest BCUT2D eigenvalue weighted by Gasteiger charge is -2.19. The maximum absolute atomic E-state index is 11.6. The SMILES string of the molecule is CCNC(=NCCCNC(=O)OC(C)(C)C)NCCCNC(=O)OC(C)(C)C.I. The van der Waals surface area contributed by atoms with Crippen LogP contribution < -0.4 is 21.3 Å². The highest BCUT2D eigenvalue weighted by molar-refractivity contribution is 14.0. The van der Waals surface area contributed by atoms with Gasteiger partial charge in [-0.15, -0.1) is 24.0 Å². The molecule has 10 heteroatoms. The molecule has 0 rings (SSSR count). The Bertz CT molecular complexity index is 502. The minimum Gasteiger partial charge on any atom is -0.444 e. The van der Waals surface area contributed by atoms with Crippen LogP contribution in [-0.2, 0) is 9.47 Å². The number of halogens is 1. The van der Waals surface area contributed by atoms with Crippen LogP contribution in [0, 0.1) is 0 Å². The van der Waals surface area contributed by atoms with Crippen molar-refractivity contribution in [2.75, 3.05) is 32.7 Å². The van der Waals surface area contributed by atoms with E-state index in [1.54, 1.807) is 0 Å². The van der Waals surface area contributed by atoms with Crippen LogP contribution in [0.2, 0.25) is 0 Å². The van der Waals surface area contributed by atoms with Gasteiger partial charge in [0.15, 0.2) is 5.96 Å². The Morgan fingerprint density at radius 3 is 1.66 bits per heavy atom. The third-order valence-corrected chi connectivity index (χ3v) is 2.93. The van der Waals surface area contributed by atoms with E-state index in [2.05, 4.69) is 26.3 Å². The lowest BCUT2D eigenvalue weighted by atomic mass is 10.2. The molecular weight excluding hydrogens is 489 g/mol. The topological polar surface area (TPSA) is 113 Å². The molecule has 0 unspecified atom stereocenters. The van der Waals surface area contributed by atoms with Gasteiger partial charge in [-0.1, -0.05) is 0 Å². The molecule has 9 nitrogen and oxygen atoms in total. The predicted molar refractivity (Wildman–Crippen MR) is 127 cm³/mol. The monoisotopic (exact) mass is 529 g/mol. The van der Waals surface area contributed by atoms with Crippen molar-refractivity contribution in [1.82, 2.24) is 21.3 Å².